The van der Waals surface area contributed by atoms with Crippen LogP contribution in [0.2, 0.25) is 5.02 Å². The molecule has 0 spiro atoms. The van der Waals surface area contributed by atoms with E-state index in [-0.39, 0.29) is 23.4 Å². The SMILES string of the molecule is CC[C@@H](C)NC(=O)[C@H](CC)N(Cc1ccc(Cl)cc1)C(=O)CN(c1ccccc1)S(=O)(=O)c1ccccc1. The van der Waals surface area contributed by atoms with E-state index in [2.05, 4.69) is 5.32 Å². The second kappa shape index (κ2) is 13.4. The van der Waals surface area contributed by atoms with E-state index in [1.165, 1.54) is 17.0 Å². The van der Waals surface area contributed by atoms with Crippen molar-refractivity contribution in [1.82, 2.24) is 10.2 Å². The molecule has 0 unspecified atom stereocenters. The second-order valence-corrected chi connectivity index (χ2v) is 11.3. The van der Waals surface area contributed by atoms with Crippen LogP contribution < -0.4 is 9.62 Å². The first-order valence-electron chi connectivity index (χ1n) is 12.6. The fraction of sp³-hybridized carbons (Fsp3) is 0.310. The van der Waals surface area contributed by atoms with Crippen LogP contribution in [-0.2, 0) is 26.2 Å². The molecule has 3 aromatic carbocycles. The topological polar surface area (TPSA) is 86.8 Å². The number of benzene rings is 3. The number of carbonyl (C=O) groups excluding carboxylic acids is 2. The standard InChI is InChI=1S/C29H34ClN3O4S/c1-4-22(3)31-29(35)27(5-2)32(20-23-16-18-24(30)19-17-23)28(34)21-33(25-12-8-6-9-13-25)38(36,37)26-14-10-7-11-15-26/h6-19,22,27H,4-5,20-21H2,1-3H3,(H,31,35)/t22-,27+/m1/s1. The molecule has 0 aliphatic rings. The van der Waals surface area contributed by atoms with Crippen LogP contribution in [0.4, 0.5) is 5.69 Å². The van der Waals surface area contributed by atoms with Crippen LogP contribution in [0.25, 0.3) is 0 Å². The lowest BCUT2D eigenvalue weighted by Crippen LogP contribution is -2.53. The average molecular weight is 556 g/mol. The Labute approximate surface area is 230 Å². The maximum atomic E-state index is 14.0. The van der Waals surface area contributed by atoms with Crippen LogP contribution in [-0.4, -0.2) is 43.8 Å². The van der Waals surface area contributed by atoms with E-state index in [0.717, 1.165) is 16.3 Å². The van der Waals surface area contributed by atoms with Gasteiger partial charge in [-0.05, 0) is 61.7 Å². The number of sulfonamides is 1. The van der Waals surface area contributed by atoms with Gasteiger partial charge in [-0.2, -0.15) is 0 Å². The van der Waals surface area contributed by atoms with E-state index in [4.69, 9.17) is 11.6 Å². The summed E-state index contributed by atoms with van der Waals surface area (Å²) in [5.74, 6) is -0.768. The molecule has 38 heavy (non-hydrogen) atoms. The van der Waals surface area contributed by atoms with E-state index in [1.54, 1.807) is 72.8 Å². The third-order valence-corrected chi connectivity index (χ3v) is 8.35. The van der Waals surface area contributed by atoms with E-state index in [1.807, 2.05) is 20.8 Å². The Morgan fingerprint density at radius 2 is 1.45 bits per heavy atom. The number of anilines is 1. The average Bonchev–Trinajstić information content (AvgIpc) is 2.93. The molecule has 0 fully saturated rings. The van der Waals surface area contributed by atoms with Gasteiger partial charge >= 0.3 is 0 Å². The number of hydrogen-bond donors (Lipinski definition) is 1. The van der Waals surface area contributed by atoms with Crippen LogP contribution >= 0.6 is 11.6 Å². The van der Waals surface area contributed by atoms with Gasteiger partial charge in [0.25, 0.3) is 10.0 Å². The number of nitrogens with one attached hydrogen (secondary N) is 1. The maximum Gasteiger partial charge on any atom is 0.264 e. The number of para-hydroxylation sites is 1. The third kappa shape index (κ3) is 7.36. The molecule has 0 saturated carbocycles. The Morgan fingerprint density at radius 3 is 2.00 bits per heavy atom. The highest BCUT2D eigenvalue weighted by Crippen LogP contribution is 2.24. The molecular formula is C29H34ClN3O4S. The zero-order chi connectivity index (χ0) is 27.7. The molecule has 0 saturated heterocycles. The smallest absolute Gasteiger partial charge is 0.264 e. The molecule has 3 aromatic rings. The van der Waals surface area contributed by atoms with Crippen LogP contribution in [0.1, 0.15) is 39.2 Å². The molecule has 202 valence electrons. The second-order valence-electron chi connectivity index (χ2n) is 9.05. The summed E-state index contributed by atoms with van der Waals surface area (Å²) in [6.45, 7) is 5.35. The van der Waals surface area contributed by atoms with Crippen molar-refractivity contribution in [3.8, 4) is 0 Å². The first-order chi connectivity index (χ1) is 18.2. The summed E-state index contributed by atoms with van der Waals surface area (Å²) in [6, 6.07) is 22.6. The molecule has 0 aliphatic carbocycles. The monoisotopic (exact) mass is 555 g/mol. The van der Waals surface area contributed by atoms with E-state index in [0.29, 0.717) is 17.1 Å². The molecular weight excluding hydrogens is 522 g/mol. The number of rotatable bonds is 12. The van der Waals surface area contributed by atoms with Crippen molar-refractivity contribution < 1.29 is 18.0 Å². The summed E-state index contributed by atoms with van der Waals surface area (Å²) < 4.78 is 28.5. The summed E-state index contributed by atoms with van der Waals surface area (Å²) in [5.41, 5.74) is 1.13. The number of halogens is 1. The van der Waals surface area contributed by atoms with Gasteiger partial charge in [0.05, 0.1) is 10.6 Å². The lowest BCUT2D eigenvalue weighted by atomic mass is 10.1. The lowest BCUT2D eigenvalue weighted by molar-refractivity contribution is -0.140. The van der Waals surface area contributed by atoms with Crippen LogP contribution in [0, 0.1) is 0 Å². The van der Waals surface area contributed by atoms with Crippen molar-refractivity contribution in [3.05, 3.63) is 95.5 Å². The molecule has 9 heteroatoms. The summed E-state index contributed by atoms with van der Waals surface area (Å²) in [4.78, 5) is 28.7. The highest BCUT2D eigenvalue weighted by atomic mass is 35.5. The number of nitrogens with zero attached hydrogens (tertiary/aromatic N) is 2. The largest absolute Gasteiger partial charge is 0.352 e. The van der Waals surface area contributed by atoms with Gasteiger partial charge in [-0.15, -0.1) is 0 Å². The van der Waals surface area contributed by atoms with Gasteiger partial charge < -0.3 is 10.2 Å². The van der Waals surface area contributed by atoms with Crippen molar-refractivity contribution in [1.29, 1.82) is 0 Å². The fourth-order valence-corrected chi connectivity index (χ4v) is 5.55. The molecule has 7 nitrogen and oxygen atoms in total. The Kier molecular flexibility index (Phi) is 10.3. The zero-order valence-corrected chi connectivity index (χ0v) is 23.5. The molecule has 2 atom stereocenters. The molecule has 0 heterocycles. The summed E-state index contributed by atoms with van der Waals surface area (Å²) in [6.07, 6.45) is 1.10. The van der Waals surface area contributed by atoms with Crippen molar-refractivity contribution in [3.63, 3.8) is 0 Å². The number of amides is 2. The minimum absolute atomic E-state index is 0.0664. The summed E-state index contributed by atoms with van der Waals surface area (Å²) in [5, 5.41) is 3.52. The van der Waals surface area contributed by atoms with E-state index >= 15 is 0 Å². The predicted octanol–water partition coefficient (Wildman–Crippen LogP) is 5.26. The molecule has 2 amide bonds. The molecule has 0 radical (unpaired) electrons. The normalized spacial score (nSPS) is 12.8. The van der Waals surface area contributed by atoms with Crippen LogP contribution in [0.15, 0.2) is 89.8 Å². The third-order valence-electron chi connectivity index (χ3n) is 6.31. The molecule has 1 N–H and O–H groups in total. The van der Waals surface area contributed by atoms with E-state index in [9.17, 15) is 18.0 Å². The Morgan fingerprint density at radius 1 is 0.868 bits per heavy atom. The zero-order valence-electron chi connectivity index (χ0n) is 21.9. The predicted molar refractivity (Wildman–Crippen MR) is 151 cm³/mol. The van der Waals surface area contributed by atoms with Gasteiger partial charge in [0, 0.05) is 17.6 Å². The minimum atomic E-state index is -4.07. The van der Waals surface area contributed by atoms with Crippen molar-refractivity contribution in [2.45, 2.75) is 57.1 Å². The minimum Gasteiger partial charge on any atom is -0.352 e. The lowest BCUT2D eigenvalue weighted by Gasteiger charge is -2.33. The van der Waals surface area contributed by atoms with Gasteiger partial charge in [0.1, 0.15) is 12.6 Å². The van der Waals surface area contributed by atoms with Crippen LogP contribution in [0.5, 0.6) is 0 Å². The van der Waals surface area contributed by atoms with Crippen molar-refractivity contribution >= 4 is 39.1 Å². The highest BCUT2D eigenvalue weighted by Gasteiger charge is 2.33. The van der Waals surface area contributed by atoms with E-state index < -0.39 is 28.5 Å². The molecule has 3 rings (SSSR count). The molecule has 0 bridgehead atoms. The Hall–Kier alpha value is -3.36. The van der Waals surface area contributed by atoms with Gasteiger partial charge in [-0.25, -0.2) is 8.42 Å². The van der Waals surface area contributed by atoms with Crippen LogP contribution in [0.3, 0.4) is 0 Å². The Balaban J connectivity index is 2.01. The van der Waals surface area contributed by atoms with Gasteiger partial charge in [-0.1, -0.05) is 74.0 Å². The number of carbonyl (C=O) groups is 2. The summed E-state index contributed by atoms with van der Waals surface area (Å²) in [7, 11) is -4.07. The highest BCUT2D eigenvalue weighted by molar-refractivity contribution is 7.92. The molecule has 0 aliphatic heterocycles. The Bertz CT molecular complexity index is 1300. The van der Waals surface area contributed by atoms with Crippen molar-refractivity contribution in [2.24, 2.45) is 0 Å². The first-order valence-corrected chi connectivity index (χ1v) is 14.5. The van der Waals surface area contributed by atoms with Gasteiger partial charge in [-0.3, -0.25) is 13.9 Å². The van der Waals surface area contributed by atoms with Crippen molar-refractivity contribution in [2.75, 3.05) is 10.8 Å². The molecule has 0 aromatic heterocycles. The number of hydrogen-bond acceptors (Lipinski definition) is 4. The van der Waals surface area contributed by atoms with Gasteiger partial charge in [0.15, 0.2) is 0 Å². The van der Waals surface area contributed by atoms with Gasteiger partial charge in [0.2, 0.25) is 11.8 Å². The first kappa shape index (κ1) is 29.2. The quantitative estimate of drug-likeness (QED) is 0.330. The maximum absolute atomic E-state index is 14.0. The summed E-state index contributed by atoms with van der Waals surface area (Å²) >= 11 is 6.05. The fourth-order valence-electron chi connectivity index (χ4n) is 3.99.